The quantitative estimate of drug-likeness (QED) is 0.652. The Balaban J connectivity index is 1.68. The molecule has 0 atom stereocenters. The van der Waals surface area contributed by atoms with Gasteiger partial charge in [-0.1, -0.05) is 18.6 Å². The molecule has 5 heteroatoms. The number of nitrogens with one attached hydrogen (secondary N) is 1. The van der Waals surface area contributed by atoms with Crippen molar-refractivity contribution in [3.8, 4) is 5.75 Å². The van der Waals surface area contributed by atoms with Gasteiger partial charge in [0.25, 0.3) is 0 Å². The molecule has 0 saturated carbocycles. The molecule has 1 aromatic carbocycles. The van der Waals surface area contributed by atoms with Gasteiger partial charge in [-0.2, -0.15) is 0 Å². The molecule has 2 aromatic rings. The number of hydrogen-bond donors (Lipinski definition) is 2. The van der Waals surface area contributed by atoms with Gasteiger partial charge in [0, 0.05) is 11.9 Å². The van der Waals surface area contributed by atoms with E-state index in [4.69, 9.17) is 10.6 Å². The van der Waals surface area contributed by atoms with Gasteiger partial charge in [0.15, 0.2) is 0 Å². The number of hydrazine groups is 1. The summed E-state index contributed by atoms with van der Waals surface area (Å²) in [5.74, 6) is 6.90. The summed E-state index contributed by atoms with van der Waals surface area (Å²) < 4.78 is 5.95. The number of nitrogens with zero attached hydrogens (tertiary/aromatic N) is 2. The molecular formula is C16H22N4O. The van der Waals surface area contributed by atoms with E-state index in [0.717, 1.165) is 23.2 Å². The zero-order chi connectivity index (χ0) is 14.5. The number of anilines is 1. The maximum absolute atomic E-state index is 5.95. The van der Waals surface area contributed by atoms with Crippen LogP contribution in [0.15, 0.2) is 30.3 Å². The topological polar surface area (TPSA) is 63.4 Å². The third kappa shape index (κ3) is 3.43. The van der Waals surface area contributed by atoms with Crippen molar-refractivity contribution in [2.75, 3.05) is 31.7 Å². The van der Waals surface area contributed by atoms with Gasteiger partial charge in [0.2, 0.25) is 0 Å². The Kier molecular flexibility index (Phi) is 4.52. The molecule has 1 aliphatic heterocycles. The standard InChI is InChI=1S/C16H22N4O/c17-19-15-8-7-13-5-4-6-14(16(13)18-15)21-12-11-20-9-2-1-3-10-20/h4-8H,1-3,9-12,17H2,(H,18,19). The van der Waals surface area contributed by atoms with Crippen LogP contribution < -0.4 is 16.0 Å². The molecule has 1 fully saturated rings. The zero-order valence-corrected chi connectivity index (χ0v) is 12.2. The minimum absolute atomic E-state index is 0.648. The molecule has 0 unspecified atom stereocenters. The number of rotatable bonds is 5. The number of piperidine rings is 1. The Bertz CT molecular complexity index is 596. The van der Waals surface area contributed by atoms with Crippen LogP contribution in [0.25, 0.3) is 10.9 Å². The van der Waals surface area contributed by atoms with Gasteiger partial charge in [-0.3, -0.25) is 4.90 Å². The fourth-order valence-electron chi connectivity index (χ4n) is 2.78. The summed E-state index contributed by atoms with van der Waals surface area (Å²) in [5.41, 5.74) is 3.43. The van der Waals surface area contributed by atoms with Gasteiger partial charge in [-0.25, -0.2) is 10.8 Å². The first kappa shape index (κ1) is 14.1. The number of ether oxygens (including phenoxy) is 1. The second-order valence-corrected chi connectivity index (χ2v) is 5.42. The molecule has 0 aliphatic carbocycles. The van der Waals surface area contributed by atoms with E-state index >= 15 is 0 Å². The summed E-state index contributed by atoms with van der Waals surface area (Å²) >= 11 is 0. The van der Waals surface area contributed by atoms with E-state index in [2.05, 4.69) is 15.3 Å². The van der Waals surface area contributed by atoms with Crippen molar-refractivity contribution in [3.63, 3.8) is 0 Å². The molecule has 5 nitrogen and oxygen atoms in total. The smallest absolute Gasteiger partial charge is 0.145 e. The summed E-state index contributed by atoms with van der Waals surface area (Å²) in [6.45, 7) is 4.06. The number of para-hydroxylation sites is 1. The molecule has 3 rings (SSSR count). The molecule has 112 valence electrons. The van der Waals surface area contributed by atoms with Crippen LogP contribution in [-0.4, -0.2) is 36.1 Å². The third-order valence-corrected chi connectivity index (χ3v) is 3.94. The van der Waals surface area contributed by atoms with E-state index in [9.17, 15) is 0 Å². The Morgan fingerprint density at radius 3 is 2.81 bits per heavy atom. The minimum atomic E-state index is 0.648. The molecule has 21 heavy (non-hydrogen) atoms. The molecular weight excluding hydrogens is 264 g/mol. The SMILES string of the molecule is NNc1ccc2cccc(OCCN3CCCCC3)c2n1. The van der Waals surface area contributed by atoms with E-state index in [1.54, 1.807) is 0 Å². The average molecular weight is 286 g/mol. The Morgan fingerprint density at radius 1 is 1.14 bits per heavy atom. The van der Waals surface area contributed by atoms with Crippen molar-refractivity contribution < 1.29 is 4.74 Å². The maximum Gasteiger partial charge on any atom is 0.145 e. The van der Waals surface area contributed by atoms with Crippen LogP contribution >= 0.6 is 0 Å². The third-order valence-electron chi connectivity index (χ3n) is 3.94. The number of benzene rings is 1. The normalized spacial score (nSPS) is 16.0. The Morgan fingerprint density at radius 2 is 2.00 bits per heavy atom. The molecule has 0 spiro atoms. The highest BCUT2D eigenvalue weighted by Crippen LogP contribution is 2.25. The Hall–Kier alpha value is -1.85. The summed E-state index contributed by atoms with van der Waals surface area (Å²) in [4.78, 5) is 6.95. The molecule has 0 amide bonds. The lowest BCUT2D eigenvalue weighted by molar-refractivity contribution is 0.184. The number of pyridine rings is 1. The largest absolute Gasteiger partial charge is 0.490 e. The Labute approximate surface area is 125 Å². The predicted octanol–water partition coefficient (Wildman–Crippen LogP) is 2.39. The maximum atomic E-state index is 5.95. The van der Waals surface area contributed by atoms with Gasteiger partial charge in [-0.05, 0) is 44.1 Å². The van der Waals surface area contributed by atoms with Crippen molar-refractivity contribution in [1.82, 2.24) is 9.88 Å². The predicted molar refractivity (Wildman–Crippen MR) is 85.3 cm³/mol. The van der Waals surface area contributed by atoms with Crippen LogP contribution in [0.5, 0.6) is 5.75 Å². The van der Waals surface area contributed by atoms with Crippen LogP contribution in [0.3, 0.4) is 0 Å². The molecule has 0 bridgehead atoms. The lowest BCUT2D eigenvalue weighted by Crippen LogP contribution is -2.33. The number of likely N-dealkylation sites (tertiary alicyclic amines) is 1. The molecule has 1 saturated heterocycles. The van der Waals surface area contributed by atoms with Gasteiger partial charge in [0.1, 0.15) is 23.7 Å². The van der Waals surface area contributed by atoms with Crippen molar-refractivity contribution in [2.24, 2.45) is 5.84 Å². The lowest BCUT2D eigenvalue weighted by Gasteiger charge is -2.26. The van der Waals surface area contributed by atoms with Crippen LogP contribution in [0.1, 0.15) is 19.3 Å². The summed E-state index contributed by atoms with van der Waals surface area (Å²) in [6, 6.07) is 9.84. The van der Waals surface area contributed by atoms with Crippen molar-refractivity contribution in [3.05, 3.63) is 30.3 Å². The summed E-state index contributed by atoms with van der Waals surface area (Å²) in [6.07, 6.45) is 3.97. The van der Waals surface area contributed by atoms with E-state index in [1.807, 2.05) is 30.3 Å². The van der Waals surface area contributed by atoms with Crippen LogP contribution in [0, 0.1) is 0 Å². The van der Waals surface area contributed by atoms with E-state index in [0.29, 0.717) is 12.4 Å². The van der Waals surface area contributed by atoms with Gasteiger partial charge < -0.3 is 10.2 Å². The minimum Gasteiger partial charge on any atom is -0.490 e. The van der Waals surface area contributed by atoms with Crippen LogP contribution in [-0.2, 0) is 0 Å². The number of nitrogen functional groups attached to an aromatic ring is 1. The molecule has 3 N–H and O–H groups in total. The van der Waals surface area contributed by atoms with Crippen molar-refractivity contribution in [1.29, 1.82) is 0 Å². The fourth-order valence-corrected chi connectivity index (χ4v) is 2.78. The molecule has 1 aliphatic rings. The highest BCUT2D eigenvalue weighted by atomic mass is 16.5. The number of nitrogens with two attached hydrogens (primary N) is 1. The fraction of sp³-hybridized carbons (Fsp3) is 0.438. The molecule has 0 radical (unpaired) electrons. The summed E-state index contributed by atoms with van der Waals surface area (Å²) in [7, 11) is 0. The molecule has 2 heterocycles. The monoisotopic (exact) mass is 286 g/mol. The number of fused-ring (bicyclic) bond motifs is 1. The summed E-state index contributed by atoms with van der Waals surface area (Å²) in [5, 5.41) is 1.06. The van der Waals surface area contributed by atoms with Gasteiger partial charge >= 0.3 is 0 Å². The average Bonchev–Trinajstić information content (AvgIpc) is 2.55. The molecule has 1 aromatic heterocycles. The van der Waals surface area contributed by atoms with Crippen molar-refractivity contribution >= 4 is 16.7 Å². The van der Waals surface area contributed by atoms with Gasteiger partial charge in [0.05, 0.1) is 0 Å². The van der Waals surface area contributed by atoms with Crippen LogP contribution in [0.2, 0.25) is 0 Å². The lowest BCUT2D eigenvalue weighted by atomic mass is 10.1. The van der Waals surface area contributed by atoms with Gasteiger partial charge in [-0.15, -0.1) is 0 Å². The van der Waals surface area contributed by atoms with Crippen molar-refractivity contribution in [2.45, 2.75) is 19.3 Å². The second kappa shape index (κ2) is 6.74. The highest BCUT2D eigenvalue weighted by molar-refractivity contribution is 5.85. The zero-order valence-electron chi connectivity index (χ0n) is 12.2. The van der Waals surface area contributed by atoms with Crippen LogP contribution in [0.4, 0.5) is 5.82 Å². The first-order valence-corrected chi connectivity index (χ1v) is 7.58. The first-order valence-electron chi connectivity index (χ1n) is 7.58. The number of aromatic nitrogens is 1. The van der Waals surface area contributed by atoms with E-state index in [1.165, 1.54) is 32.4 Å². The number of hydrogen-bond acceptors (Lipinski definition) is 5. The second-order valence-electron chi connectivity index (χ2n) is 5.42. The van der Waals surface area contributed by atoms with E-state index in [-0.39, 0.29) is 0 Å². The highest BCUT2D eigenvalue weighted by Gasteiger charge is 2.10. The van der Waals surface area contributed by atoms with E-state index < -0.39 is 0 Å². The first-order chi connectivity index (χ1) is 10.4.